The van der Waals surface area contributed by atoms with Gasteiger partial charge in [-0.05, 0) is 57.4 Å². The van der Waals surface area contributed by atoms with Crippen molar-refractivity contribution in [2.75, 3.05) is 5.32 Å². The Kier molecular flexibility index (Phi) is 6.12. The minimum Gasteiger partial charge on any atom is -0.322 e. The highest BCUT2D eigenvalue weighted by molar-refractivity contribution is 7.10. The number of aromatic nitrogens is 3. The summed E-state index contributed by atoms with van der Waals surface area (Å²) >= 11 is 2.86. The van der Waals surface area contributed by atoms with E-state index in [1.54, 1.807) is 4.57 Å². The van der Waals surface area contributed by atoms with Crippen LogP contribution >= 0.6 is 22.7 Å². The van der Waals surface area contributed by atoms with E-state index in [1.165, 1.54) is 22.7 Å². The van der Waals surface area contributed by atoms with Crippen molar-refractivity contribution in [3.05, 3.63) is 101 Å². The Bertz CT molecular complexity index is 1620. The van der Waals surface area contributed by atoms with Gasteiger partial charge in [-0.3, -0.25) is 18.8 Å². The quantitative estimate of drug-likeness (QED) is 0.450. The van der Waals surface area contributed by atoms with Crippen molar-refractivity contribution in [3.63, 3.8) is 0 Å². The molecule has 0 spiro atoms. The third-order valence-electron chi connectivity index (χ3n) is 6.12. The van der Waals surface area contributed by atoms with Gasteiger partial charge in [-0.15, -0.1) is 11.3 Å². The van der Waals surface area contributed by atoms with Crippen molar-refractivity contribution in [2.45, 2.75) is 40.3 Å². The Balaban J connectivity index is 1.67. The maximum absolute atomic E-state index is 13.8. The number of carbonyl (C=O) groups is 1. The number of para-hydroxylation sites is 1. The molecule has 0 radical (unpaired) electrons. The Morgan fingerprint density at radius 3 is 2.57 bits per heavy atom. The van der Waals surface area contributed by atoms with Gasteiger partial charge >= 0.3 is 0 Å². The lowest BCUT2D eigenvalue weighted by atomic mass is 10.0. The highest BCUT2D eigenvalue weighted by Gasteiger charge is 2.33. The lowest BCUT2D eigenvalue weighted by Gasteiger charge is -2.24. The van der Waals surface area contributed by atoms with Crippen LogP contribution in [-0.4, -0.2) is 20.3 Å². The van der Waals surface area contributed by atoms with Crippen LogP contribution in [0.1, 0.15) is 41.7 Å². The molecule has 4 aromatic rings. The molecule has 3 aromatic heterocycles. The van der Waals surface area contributed by atoms with Crippen molar-refractivity contribution in [2.24, 2.45) is 4.99 Å². The van der Waals surface area contributed by atoms with E-state index in [0.717, 1.165) is 28.4 Å². The number of amides is 1. The summed E-state index contributed by atoms with van der Waals surface area (Å²) in [6.07, 6.45) is 1.90. The minimum absolute atomic E-state index is 0.160. The van der Waals surface area contributed by atoms with Crippen LogP contribution in [0, 0.1) is 13.8 Å². The molecule has 5 rings (SSSR count). The topological polar surface area (TPSA) is 81.3 Å². The van der Waals surface area contributed by atoms with Crippen LogP contribution in [0.3, 0.4) is 0 Å². The molecule has 1 N–H and O–H groups in total. The number of thiazole rings is 1. The highest BCUT2D eigenvalue weighted by atomic mass is 32.1. The summed E-state index contributed by atoms with van der Waals surface area (Å²) in [5.41, 5.74) is 4.46. The van der Waals surface area contributed by atoms with Crippen molar-refractivity contribution in [3.8, 4) is 0 Å². The van der Waals surface area contributed by atoms with Gasteiger partial charge in [0.2, 0.25) is 0 Å². The van der Waals surface area contributed by atoms with Gasteiger partial charge in [0, 0.05) is 28.4 Å². The van der Waals surface area contributed by atoms with Gasteiger partial charge in [0.25, 0.3) is 11.5 Å². The highest BCUT2D eigenvalue weighted by Crippen LogP contribution is 2.33. The third-order valence-corrected chi connectivity index (χ3v) is 8.03. The molecule has 0 saturated carbocycles. The second-order valence-corrected chi connectivity index (χ2v) is 10.3. The molecule has 4 heterocycles. The molecule has 0 saturated heterocycles. The summed E-state index contributed by atoms with van der Waals surface area (Å²) in [5.74, 6) is -0.263. The van der Waals surface area contributed by atoms with E-state index >= 15 is 0 Å². The van der Waals surface area contributed by atoms with Crippen LogP contribution in [0.5, 0.6) is 0 Å². The first-order valence-corrected chi connectivity index (χ1v) is 13.0. The van der Waals surface area contributed by atoms with Gasteiger partial charge in [-0.25, -0.2) is 4.99 Å². The van der Waals surface area contributed by atoms with E-state index in [4.69, 9.17) is 4.99 Å². The smallest absolute Gasteiger partial charge is 0.271 e. The number of allylic oxidation sites excluding steroid dienone is 1. The number of hydrogen-bond acceptors (Lipinski definition) is 6. The average Bonchev–Trinajstić information content (AvgIpc) is 3.54. The van der Waals surface area contributed by atoms with Gasteiger partial charge in [0.1, 0.15) is 6.04 Å². The predicted molar refractivity (Wildman–Crippen MR) is 141 cm³/mol. The molecule has 1 unspecified atom stereocenters. The first kappa shape index (κ1) is 23.2. The molecule has 0 fully saturated rings. The molecule has 9 heteroatoms. The number of fused-ring (bicyclic) bond motifs is 1. The normalized spacial score (nSPS) is 15.8. The number of aryl methyl sites for hydroxylation is 2. The Morgan fingerprint density at radius 2 is 1.91 bits per heavy atom. The van der Waals surface area contributed by atoms with Crippen LogP contribution in [0.2, 0.25) is 0 Å². The lowest BCUT2D eigenvalue weighted by Crippen LogP contribution is -2.40. The van der Waals surface area contributed by atoms with Crippen LogP contribution in [-0.2, 0) is 11.3 Å². The Morgan fingerprint density at radius 1 is 1.14 bits per heavy atom. The van der Waals surface area contributed by atoms with E-state index < -0.39 is 6.04 Å². The van der Waals surface area contributed by atoms with E-state index in [-0.39, 0.29) is 11.5 Å². The second kappa shape index (κ2) is 9.24. The van der Waals surface area contributed by atoms with E-state index in [2.05, 4.69) is 10.4 Å². The predicted octanol–water partition coefficient (Wildman–Crippen LogP) is 3.77. The molecular weight excluding hydrogens is 478 g/mol. The molecule has 1 amide bonds. The fraction of sp³-hybridized carbons (Fsp3) is 0.231. The van der Waals surface area contributed by atoms with E-state index in [1.807, 2.05) is 86.3 Å². The Labute approximate surface area is 210 Å². The van der Waals surface area contributed by atoms with Crippen molar-refractivity contribution >= 4 is 40.3 Å². The molecule has 35 heavy (non-hydrogen) atoms. The fourth-order valence-electron chi connectivity index (χ4n) is 4.41. The summed E-state index contributed by atoms with van der Waals surface area (Å²) in [6.45, 7) is 8.60. The van der Waals surface area contributed by atoms with Gasteiger partial charge < -0.3 is 5.32 Å². The second-order valence-electron chi connectivity index (χ2n) is 8.32. The zero-order valence-corrected chi connectivity index (χ0v) is 21.5. The first-order chi connectivity index (χ1) is 16.9. The number of nitrogens with one attached hydrogen (secondary N) is 1. The number of benzene rings is 1. The molecule has 1 aromatic carbocycles. The number of nitrogens with zero attached hydrogens (tertiary/aromatic N) is 4. The molecular formula is C26H25N5O2S2. The summed E-state index contributed by atoms with van der Waals surface area (Å²) in [7, 11) is 0. The SMILES string of the molecule is CCn1nc(C)c(/C=c2/sc3n(c2=O)C(c2cccs2)C(C(=O)Nc2ccccc2)=C(C)N=3)c1C. The summed E-state index contributed by atoms with van der Waals surface area (Å²) in [6, 6.07) is 12.7. The summed E-state index contributed by atoms with van der Waals surface area (Å²) in [4.78, 5) is 33.4. The molecule has 0 bridgehead atoms. The molecule has 0 aliphatic carbocycles. The van der Waals surface area contributed by atoms with Crippen molar-refractivity contribution < 1.29 is 4.79 Å². The minimum atomic E-state index is -0.544. The van der Waals surface area contributed by atoms with E-state index in [0.29, 0.717) is 26.3 Å². The van der Waals surface area contributed by atoms with Crippen molar-refractivity contribution in [1.82, 2.24) is 14.3 Å². The molecule has 1 aliphatic heterocycles. The fourth-order valence-corrected chi connectivity index (χ4v) is 6.26. The maximum Gasteiger partial charge on any atom is 0.271 e. The summed E-state index contributed by atoms with van der Waals surface area (Å²) in [5, 5.41) is 9.51. The lowest BCUT2D eigenvalue weighted by molar-refractivity contribution is -0.113. The molecule has 1 atom stereocenters. The van der Waals surface area contributed by atoms with Gasteiger partial charge in [0.05, 0.1) is 21.5 Å². The standard InChI is InChI=1S/C26H25N5O2S2/c1-5-30-17(4)19(15(2)29-30)14-21-25(33)31-23(20-12-9-13-34-20)22(16(3)27-26(31)35-21)24(32)28-18-10-7-6-8-11-18/h6-14,23H,5H2,1-4H3,(H,28,32)/b21-14+. The number of anilines is 1. The van der Waals surface area contributed by atoms with Crippen LogP contribution in [0.25, 0.3) is 6.08 Å². The number of carbonyl (C=O) groups excluding carboxylic acids is 1. The maximum atomic E-state index is 13.8. The third kappa shape index (κ3) is 4.11. The van der Waals surface area contributed by atoms with Crippen LogP contribution < -0.4 is 20.2 Å². The zero-order chi connectivity index (χ0) is 24.7. The van der Waals surface area contributed by atoms with Crippen LogP contribution in [0.15, 0.2) is 68.9 Å². The van der Waals surface area contributed by atoms with E-state index in [9.17, 15) is 9.59 Å². The monoisotopic (exact) mass is 503 g/mol. The number of rotatable bonds is 5. The summed E-state index contributed by atoms with van der Waals surface area (Å²) < 4.78 is 4.16. The first-order valence-electron chi connectivity index (χ1n) is 11.4. The molecule has 1 aliphatic rings. The van der Waals surface area contributed by atoms with Gasteiger partial charge in [0.15, 0.2) is 4.80 Å². The number of thiophene rings is 1. The Hall–Kier alpha value is -3.56. The van der Waals surface area contributed by atoms with Gasteiger partial charge in [-0.2, -0.15) is 5.10 Å². The number of hydrogen-bond donors (Lipinski definition) is 1. The van der Waals surface area contributed by atoms with Gasteiger partial charge in [-0.1, -0.05) is 35.6 Å². The molecule has 178 valence electrons. The largest absolute Gasteiger partial charge is 0.322 e. The zero-order valence-electron chi connectivity index (χ0n) is 19.9. The van der Waals surface area contributed by atoms with Crippen LogP contribution in [0.4, 0.5) is 5.69 Å². The van der Waals surface area contributed by atoms with Crippen molar-refractivity contribution in [1.29, 1.82) is 0 Å². The molecule has 7 nitrogen and oxygen atoms in total. The average molecular weight is 504 g/mol.